The van der Waals surface area contributed by atoms with Crippen molar-refractivity contribution in [2.24, 2.45) is 0 Å². The summed E-state index contributed by atoms with van der Waals surface area (Å²) >= 11 is 5.65. The molecule has 1 aromatic heterocycles. The summed E-state index contributed by atoms with van der Waals surface area (Å²) in [4.78, 5) is 15.8. The first-order chi connectivity index (χ1) is 9.90. The summed E-state index contributed by atoms with van der Waals surface area (Å²) in [6, 6.07) is 11.6. The van der Waals surface area contributed by atoms with E-state index in [1.807, 2.05) is 10.8 Å². The maximum Gasteiger partial charge on any atom is 0.281 e. The lowest BCUT2D eigenvalue weighted by Crippen LogP contribution is -2.34. The van der Waals surface area contributed by atoms with E-state index in [4.69, 9.17) is 11.6 Å². The van der Waals surface area contributed by atoms with Gasteiger partial charge in [0.25, 0.3) is 10.0 Å². The van der Waals surface area contributed by atoms with Crippen molar-refractivity contribution >= 4 is 27.5 Å². The van der Waals surface area contributed by atoms with Crippen LogP contribution in [0.5, 0.6) is 0 Å². The molecule has 1 heterocycles. The summed E-state index contributed by atoms with van der Waals surface area (Å²) < 4.78 is 26.1. The fourth-order valence-electron chi connectivity index (χ4n) is 1.69. The van der Waals surface area contributed by atoms with Crippen molar-refractivity contribution in [1.82, 2.24) is 9.71 Å². The summed E-state index contributed by atoms with van der Waals surface area (Å²) in [5, 5.41) is 0.0680. The Morgan fingerprint density at radius 3 is 2.43 bits per heavy atom. The molecular formula is C14H13ClN2O3S. The molecule has 0 aliphatic carbocycles. The molecule has 0 fully saturated rings. The number of hydrogen-bond acceptors (Lipinski definition) is 4. The van der Waals surface area contributed by atoms with E-state index < -0.39 is 21.8 Å². The molecule has 0 spiro atoms. The van der Waals surface area contributed by atoms with E-state index >= 15 is 0 Å². The van der Waals surface area contributed by atoms with Crippen LogP contribution < -0.4 is 4.72 Å². The lowest BCUT2D eigenvalue weighted by Gasteiger charge is -2.12. The van der Waals surface area contributed by atoms with Crippen LogP contribution in [0.3, 0.4) is 0 Å². The zero-order valence-corrected chi connectivity index (χ0v) is 12.7. The number of hydrogen-bond donors (Lipinski definition) is 1. The van der Waals surface area contributed by atoms with E-state index in [1.165, 1.54) is 18.3 Å². The summed E-state index contributed by atoms with van der Waals surface area (Å²) in [6.07, 6.45) is 1.21. The van der Waals surface area contributed by atoms with Gasteiger partial charge >= 0.3 is 0 Å². The van der Waals surface area contributed by atoms with Gasteiger partial charge in [0.05, 0.1) is 10.9 Å². The summed E-state index contributed by atoms with van der Waals surface area (Å²) in [5.74, 6) is -1.20. The standard InChI is InChI=1S/C14H13ClN2O3S/c1-10(11-5-3-2-4-6-11)14(18)17-21(19,20)13-8-7-12(15)9-16-13/h2-10H,1H3,(H,17,18)/t10-/m1/s1. The molecule has 0 aliphatic rings. The number of nitrogens with one attached hydrogen (secondary N) is 1. The van der Waals surface area contributed by atoms with Crippen molar-refractivity contribution in [2.45, 2.75) is 17.9 Å². The maximum atomic E-state index is 12.1. The van der Waals surface area contributed by atoms with Crippen molar-refractivity contribution in [2.75, 3.05) is 0 Å². The van der Waals surface area contributed by atoms with Crippen LogP contribution in [0.1, 0.15) is 18.4 Å². The van der Waals surface area contributed by atoms with Crippen LogP contribution in [0.15, 0.2) is 53.7 Å². The Kier molecular flexibility index (Phi) is 4.59. The molecule has 5 nitrogen and oxygen atoms in total. The number of carbonyl (C=O) groups is 1. The van der Waals surface area contributed by atoms with Crippen LogP contribution >= 0.6 is 11.6 Å². The third kappa shape index (κ3) is 3.80. The van der Waals surface area contributed by atoms with E-state index in [2.05, 4.69) is 4.98 Å². The highest BCUT2D eigenvalue weighted by Crippen LogP contribution is 2.16. The fraction of sp³-hybridized carbons (Fsp3) is 0.143. The van der Waals surface area contributed by atoms with Gasteiger partial charge in [-0.25, -0.2) is 9.71 Å². The Bertz CT molecular complexity index is 731. The van der Waals surface area contributed by atoms with Gasteiger partial charge in [-0.3, -0.25) is 4.79 Å². The van der Waals surface area contributed by atoms with Gasteiger partial charge in [-0.15, -0.1) is 0 Å². The molecule has 1 aromatic carbocycles. The molecule has 0 radical (unpaired) electrons. The molecule has 7 heteroatoms. The van der Waals surface area contributed by atoms with Crippen LogP contribution in [0.4, 0.5) is 0 Å². The molecule has 0 saturated carbocycles. The molecule has 110 valence electrons. The molecule has 2 rings (SSSR count). The third-order valence-electron chi connectivity index (χ3n) is 2.90. The van der Waals surface area contributed by atoms with Gasteiger partial charge in [0.15, 0.2) is 5.03 Å². The molecule has 1 amide bonds. The smallest absolute Gasteiger partial charge is 0.273 e. The van der Waals surface area contributed by atoms with E-state index in [9.17, 15) is 13.2 Å². The molecule has 0 aliphatic heterocycles. The third-order valence-corrected chi connectivity index (χ3v) is 4.39. The van der Waals surface area contributed by atoms with Crippen molar-refractivity contribution in [3.05, 3.63) is 59.2 Å². The number of amides is 1. The van der Waals surface area contributed by atoms with Gasteiger partial charge in [0.1, 0.15) is 0 Å². The molecular weight excluding hydrogens is 312 g/mol. The average Bonchev–Trinajstić information content (AvgIpc) is 2.47. The van der Waals surface area contributed by atoms with Crippen molar-refractivity contribution < 1.29 is 13.2 Å². The quantitative estimate of drug-likeness (QED) is 0.936. The average molecular weight is 325 g/mol. The summed E-state index contributed by atoms with van der Waals surface area (Å²) in [6.45, 7) is 1.63. The molecule has 1 N–H and O–H groups in total. The SMILES string of the molecule is C[C@@H](C(=O)NS(=O)(=O)c1ccc(Cl)cn1)c1ccccc1. The minimum absolute atomic E-state index is 0.250. The number of carbonyl (C=O) groups excluding carboxylic acids is 1. The van der Waals surface area contributed by atoms with Crippen LogP contribution in [0.25, 0.3) is 0 Å². The Hall–Kier alpha value is -1.92. The van der Waals surface area contributed by atoms with Gasteiger partial charge < -0.3 is 0 Å². The number of nitrogens with zero attached hydrogens (tertiary/aromatic N) is 1. The number of pyridine rings is 1. The Labute approximate surface area is 128 Å². The number of rotatable bonds is 4. The number of benzene rings is 1. The van der Waals surface area contributed by atoms with Gasteiger partial charge in [0.2, 0.25) is 5.91 Å². The van der Waals surface area contributed by atoms with Gasteiger partial charge in [-0.05, 0) is 24.6 Å². The first-order valence-electron chi connectivity index (χ1n) is 6.13. The molecule has 21 heavy (non-hydrogen) atoms. The Morgan fingerprint density at radius 1 is 1.19 bits per heavy atom. The zero-order valence-electron chi connectivity index (χ0n) is 11.2. The van der Waals surface area contributed by atoms with Crippen LogP contribution in [-0.2, 0) is 14.8 Å². The number of sulfonamides is 1. The van der Waals surface area contributed by atoms with Crippen molar-refractivity contribution in [3.63, 3.8) is 0 Å². The predicted molar refractivity (Wildman–Crippen MR) is 79.4 cm³/mol. The minimum atomic E-state index is -4.00. The van der Waals surface area contributed by atoms with Gasteiger partial charge in [-0.2, -0.15) is 8.42 Å². The van der Waals surface area contributed by atoms with Crippen LogP contribution in [0.2, 0.25) is 5.02 Å². The molecule has 1 atom stereocenters. The number of aromatic nitrogens is 1. The second-order valence-corrected chi connectivity index (χ2v) is 6.48. The monoisotopic (exact) mass is 324 g/mol. The highest BCUT2D eigenvalue weighted by atomic mass is 35.5. The van der Waals surface area contributed by atoms with Gasteiger partial charge in [0, 0.05) is 6.20 Å². The topological polar surface area (TPSA) is 76.1 Å². The minimum Gasteiger partial charge on any atom is -0.273 e. The second-order valence-electron chi connectivity index (χ2n) is 4.42. The number of halogens is 1. The molecule has 0 unspecified atom stereocenters. The van der Waals surface area contributed by atoms with Crippen LogP contribution in [0, 0.1) is 0 Å². The Balaban J connectivity index is 2.17. The molecule has 2 aromatic rings. The van der Waals surface area contributed by atoms with E-state index in [0.29, 0.717) is 5.02 Å². The van der Waals surface area contributed by atoms with E-state index in [-0.39, 0.29) is 5.03 Å². The maximum absolute atomic E-state index is 12.1. The lowest BCUT2D eigenvalue weighted by molar-refractivity contribution is -0.120. The van der Waals surface area contributed by atoms with E-state index in [1.54, 1.807) is 31.2 Å². The van der Waals surface area contributed by atoms with Crippen LogP contribution in [-0.4, -0.2) is 19.3 Å². The summed E-state index contributed by atoms with van der Waals surface area (Å²) in [5.41, 5.74) is 0.731. The van der Waals surface area contributed by atoms with Gasteiger partial charge in [-0.1, -0.05) is 41.9 Å². The predicted octanol–water partition coefficient (Wildman–Crippen LogP) is 2.34. The highest BCUT2D eigenvalue weighted by molar-refractivity contribution is 7.90. The highest BCUT2D eigenvalue weighted by Gasteiger charge is 2.23. The summed E-state index contributed by atoms with van der Waals surface area (Å²) in [7, 11) is -4.00. The van der Waals surface area contributed by atoms with Crippen molar-refractivity contribution in [1.29, 1.82) is 0 Å². The first-order valence-corrected chi connectivity index (χ1v) is 7.99. The second kappa shape index (κ2) is 6.24. The normalized spacial score (nSPS) is 12.7. The van der Waals surface area contributed by atoms with E-state index in [0.717, 1.165) is 5.56 Å². The zero-order chi connectivity index (χ0) is 15.5. The Morgan fingerprint density at radius 2 is 1.86 bits per heavy atom. The lowest BCUT2D eigenvalue weighted by atomic mass is 10.0. The molecule has 0 bridgehead atoms. The largest absolute Gasteiger partial charge is 0.281 e. The van der Waals surface area contributed by atoms with Crippen molar-refractivity contribution in [3.8, 4) is 0 Å². The molecule has 0 saturated heterocycles. The first kappa shape index (κ1) is 15.5. The fourth-order valence-corrected chi connectivity index (χ4v) is 2.78.